The summed E-state index contributed by atoms with van der Waals surface area (Å²) in [5.41, 5.74) is -3.68. The number of aryl methyl sites for hydroxylation is 1. The highest BCUT2D eigenvalue weighted by molar-refractivity contribution is 6.06. The quantitative estimate of drug-likeness (QED) is 0.644. The van der Waals surface area contributed by atoms with Gasteiger partial charge in [-0.3, -0.25) is 9.59 Å². The highest BCUT2D eigenvalue weighted by Gasteiger charge is 2.46. The average Bonchev–Trinajstić information content (AvgIpc) is 2.96. The van der Waals surface area contributed by atoms with Gasteiger partial charge in [-0.15, -0.1) is 0 Å². The molecule has 0 saturated carbocycles. The van der Waals surface area contributed by atoms with E-state index in [4.69, 9.17) is 0 Å². The summed E-state index contributed by atoms with van der Waals surface area (Å²) in [4.78, 5) is 26.7. The molecule has 1 heterocycles. The van der Waals surface area contributed by atoms with Gasteiger partial charge >= 0.3 is 12.4 Å². The predicted molar refractivity (Wildman–Crippen MR) is 101 cm³/mol. The van der Waals surface area contributed by atoms with Crippen LogP contribution in [0.5, 0.6) is 0 Å². The molecule has 1 saturated heterocycles. The van der Waals surface area contributed by atoms with E-state index in [-0.39, 0.29) is 24.9 Å². The highest BCUT2D eigenvalue weighted by Crippen LogP contribution is 2.39. The number of hydrogen-bond donors (Lipinski definition) is 1. The molecule has 31 heavy (non-hydrogen) atoms. The lowest BCUT2D eigenvalue weighted by Gasteiger charge is -2.24. The van der Waals surface area contributed by atoms with Gasteiger partial charge in [-0.05, 0) is 43.7 Å². The lowest BCUT2D eigenvalue weighted by atomic mass is 9.88. The van der Waals surface area contributed by atoms with E-state index in [0.29, 0.717) is 17.8 Å². The van der Waals surface area contributed by atoms with Crippen LogP contribution in [0.3, 0.4) is 0 Å². The van der Waals surface area contributed by atoms with E-state index >= 15 is 0 Å². The molecule has 1 fully saturated rings. The van der Waals surface area contributed by atoms with Crippen molar-refractivity contribution in [3.63, 3.8) is 0 Å². The number of hydrogen-bond acceptors (Lipinski definition) is 2. The van der Waals surface area contributed by atoms with Gasteiger partial charge < -0.3 is 10.2 Å². The van der Waals surface area contributed by atoms with Crippen molar-refractivity contribution in [2.45, 2.75) is 32.6 Å². The van der Waals surface area contributed by atoms with Crippen molar-refractivity contribution in [2.75, 3.05) is 16.8 Å². The molecule has 2 aromatic rings. The Labute approximate surface area is 173 Å². The number of carbonyl (C=O) groups excluding carboxylic acids is 2. The first kappa shape index (κ1) is 22.6. The zero-order valence-corrected chi connectivity index (χ0v) is 16.5. The first-order valence-corrected chi connectivity index (χ1v) is 9.18. The smallest absolute Gasteiger partial charge is 0.326 e. The summed E-state index contributed by atoms with van der Waals surface area (Å²) < 4.78 is 78.3. The number of para-hydroxylation sites is 1. The highest BCUT2D eigenvalue weighted by atomic mass is 19.4. The normalized spacial score (nSPS) is 19.6. The molecule has 1 N–H and O–H groups in total. The maximum atomic E-state index is 13.0. The van der Waals surface area contributed by atoms with Gasteiger partial charge in [0.1, 0.15) is 0 Å². The molecule has 1 unspecified atom stereocenters. The van der Waals surface area contributed by atoms with Gasteiger partial charge in [-0.25, -0.2) is 0 Å². The average molecular weight is 444 g/mol. The minimum absolute atomic E-state index is 0.0175. The Morgan fingerprint density at radius 2 is 1.55 bits per heavy atom. The standard InChI is InChI=1S/C21H18F6N2O2/c1-12-5-3-4-6-16(12)29-11-19(2,10-17(29)30)18(31)28-15-8-13(20(22,23)24)7-14(9-15)21(25,26)27/h3-9H,10-11H2,1-2H3,(H,28,31). The zero-order valence-electron chi connectivity index (χ0n) is 16.5. The first-order chi connectivity index (χ1) is 14.2. The van der Waals surface area contributed by atoms with Gasteiger partial charge in [0.05, 0.1) is 16.5 Å². The van der Waals surface area contributed by atoms with E-state index in [1.165, 1.54) is 11.8 Å². The van der Waals surface area contributed by atoms with Crippen LogP contribution in [-0.4, -0.2) is 18.4 Å². The predicted octanol–water partition coefficient (Wildman–Crippen LogP) is 5.41. The summed E-state index contributed by atoms with van der Waals surface area (Å²) in [5.74, 6) is -1.21. The van der Waals surface area contributed by atoms with E-state index < -0.39 is 40.5 Å². The van der Waals surface area contributed by atoms with Crippen molar-refractivity contribution in [3.05, 3.63) is 59.2 Å². The second-order valence-electron chi connectivity index (χ2n) is 7.75. The number of amides is 2. The van der Waals surface area contributed by atoms with Crippen LogP contribution in [-0.2, 0) is 21.9 Å². The molecule has 0 aliphatic carbocycles. The van der Waals surface area contributed by atoms with Crippen LogP contribution < -0.4 is 10.2 Å². The van der Waals surface area contributed by atoms with Crippen LogP contribution in [0.4, 0.5) is 37.7 Å². The molecule has 10 heteroatoms. The largest absolute Gasteiger partial charge is 0.416 e. The third-order valence-electron chi connectivity index (χ3n) is 5.15. The molecular formula is C21H18F6N2O2. The molecule has 1 aliphatic rings. The number of anilines is 2. The minimum atomic E-state index is -5.03. The minimum Gasteiger partial charge on any atom is -0.326 e. The van der Waals surface area contributed by atoms with Gasteiger partial charge in [0.15, 0.2) is 0 Å². The number of carbonyl (C=O) groups is 2. The van der Waals surface area contributed by atoms with Crippen LogP contribution >= 0.6 is 0 Å². The fourth-order valence-electron chi connectivity index (χ4n) is 3.47. The summed E-state index contributed by atoms with van der Waals surface area (Å²) >= 11 is 0. The van der Waals surface area contributed by atoms with Crippen molar-refractivity contribution >= 4 is 23.2 Å². The Bertz CT molecular complexity index is 999. The molecular weight excluding hydrogens is 426 g/mol. The van der Waals surface area contributed by atoms with Crippen molar-refractivity contribution < 1.29 is 35.9 Å². The molecule has 2 aromatic carbocycles. The van der Waals surface area contributed by atoms with Crippen LogP contribution in [0.25, 0.3) is 0 Å². The lowest BCUT2D eigenvalue weighted by Crippen LogP contribution is -2.36. The summed E-state index contributed by atoms with van der Waals surface area (Å²) in [6.45, 7) is 3.16. The summed E-state index contributed by atoms with van der Waals surface area (Å²) in [7, 11) is 0. The fourth-order valence-corrected chi connectivity index (χ4v) is 3.47. The summed E-state index contributed by atoms with van der Waals surface area (Å²) in [6, 6.07) is 7.82. The van der Waals surface area contributed by atoms with E-state index in [9.17, 15) is 35.9 Å². The van der Waals surface area contributed by atoms with E-state index in [1.807, 2.05) is 0 Å². The number of alkyl halides is 6. The van der Waals surface area contributed by atoms with E-state index in [0.717, 1.165) is 5.56 Å². The van der Waals surface area contributed by atoms with E-state index in [2.05, 4.69) is 5.32 Å². The Balaban J connectivity index is 1.89. The SMILES string of the molecule is Cc1ccccc1N1CC(C)(C(=O)Nc2cc(C(F)(F)F)cc(C(F)(F)F)c2)CC1=O. The van der Waals surface area contributed by atoms with Crippen molar-refractivity contribution in [3.8, 4) is 0 Å². The maximum absolute atomic E-state index is 13.0. The Morgan fingerprint density at radius 3 is 2.06 bits per heavy atom. The van der Waals surface area contributed by atoms with Gasteiger partial charge in [0.2, 0.25) is 11.8 Å². The van der Waals surface area contributed by atoms with Crippen LogP contribution in [0.2, 0.25) is 0 Å². The lowest BCUT2D eigenvalue weighted by molar-refractivity contribution is -0.143. The van der Waals surface area contributed by atoms with Crippen molar-refractivity contribution in [1.82, 2.24) is 0 Å². The third kappa shape index (κ3) is 4.67. The Kier molecular flexibility index (Phi) is 5.54. The molecule has 0 radical (unpaired) electrons. The number of benzene rings is 2. The maximum Gasteiger partial charge on any atom is 0.416 e. The second-order valence-corrected chi connectivity index (χ2v) is 7.75. The summed E-state index contributed by atoms with van der Waals surface area (Å²) in [5, 5.41) is 2.14. The third-order valence-corrected chi connectivity index (χ3v) is 5.15. The molecule has 0 spiro atoms. The Hall–Kier alpha value is -3.04. The molecule has 0 aromatic heterocycles. The molecule has 3 rings (SSSR count). The molecule has 2 amide bonds. The topological polar surface area (TPSA) is 49.4 Å². The van der Waals surface area contributed by atoms with Gasteiger partial charge in [0, 0.05) is 24.3 Å². The van der Waals surface area contributed by atoms with Crippen molar-refractivity contribution in [1.29, 1.82) is 0 Å². The monoisotopic (exact) mass is 444 g/mol. The number of rotatable bonds is 3. The van der Waals surface area contributed by atoms with Gasteiger partial charge in [-0.2, -0.15) is 26.3 Å². The molecule has 4 nitrogen and oxygen atoms in total. The first-order valence-electron chi connectivity index (χ1n) is 9.18. The number of nitrogens with one attached hydrogen (secondary N) is 1. The zero-order chi connectivity index (χ0) is 23.2. The number of nitrogens with zero attached hydrogens (tertiary/aromatic N) is 1. The van der Waals surface area contributed by atoms with Crippen LogP contribution in [0, 0.1) is 12.3 Å². The van der Waals surface area contributed by atoms with Gasteiger partial charge in [-0.1, -0.05) is 18.2 Å². The molecule has 1 aliphatic heterocycles. The molecule has 166 valence electrons. The second kappa shape index (κ2) is 7.58. The Morgan fingerprint density at radius 1 is 1.00 bits per heavy atom. The number of halogens is 6. The van der Waals surface area contributed by atoms with Crippen LogP contribution in [0.1, 0.15) is 30.0 Å². The van der Waals surface area contributed by atoms with E-state index in [1.54, 1.807) is 31.2 Å². The fraction of sp³-hybridized carbons (Fsp3) is 0.333. The molecule has 0 bridgehead atoms. The van der Waals surface area contributed by atoms with Crippen molar-refractivity contribution in [2.24, 2.45) is 5.41 Å². The van der Waals surface area contributed by atoms with Crippen LogP contribution in [0.15, 0.2) is 42.5 Å². The molecule has 1 atom stereocenters. The summed E-state index contributed by atoms with van der Waals surface area (Å²) in [6.07, 6.45) is -10.3. The van der Waals surface area contributed by atoms with Gasteiger partial charge in [0.25, 0.3) is 0 Å².